The summed E-state index contributed by atoms with van der Waals surface area (Å²) in [5, 5.41) is 7.10. The number of carbonyl (C=O) groups excluding carboxylic acids is 2. The zero-order chi connectivity index (χ0) is 19.2. The van der Waals surface area contributed by atoms with Crippen LogP contribution in [0.25, 0.3) is 0 Å². The minimum Gasteiger partial charge on any atom is -0.343 e. The fourth-order valence-corrected chi connectivity index (χ4v) is 3.82. The standard InChI is InChI=1S/C20H25BrN4O2/c1-2-25-14-17(13-22-25)23-20(27)16-9-11-24(12-10-16)19(26)8-7-15-5-3-4-6-18(15)21/h3-6,13-14,16H,2,7-12H2,1H3,(H,23,27). The summed E-state index contributed by atoms with van der Waals surface area (Å²) in [5.74, 6) is 0.127. The minimum atomic E-state index is -0.0534. The number of aryl methyl sites for hydroxylation is 2. The molecule has 0 spiro atoms. The molecule has 1 aromatic carbocycles. The summed E-state index contributed by atoms with van der Waals surface area (Å²) in [6, 6.07) is 7.99. The predicted octanol–water partition coefficient (Wildman–Crippen LogP) is 3.48. The molecule has 7 heteroatoms. The minimum absolute atomic E-state index is 0.0194. The van der Waals surface area contributed by atoms with Crippen LogP contribution >= 0.6 is 15.9 Å². The van der Waals surface area contributed by atoms with E-state index in [1.54, 1.807) is 10.9 Å². The average Bonchev–Trinajstić information content (AvgIpc) is 3.15. The van der Waals surface area contributed by atoms with E-state index in [2.05, 4.69) is 26.3 Å². The predicted molar refractivity (Wildman–Crippen MR) is 108 cm³/mol. The smallest absolute Gasteiger partial charge is 0.227 e. The molecule has 0 bridgehead atoms. The highest BCUT2D eigenvalue weighted by molar-refractivity contribution is 9.10. The van der Waals surface area contributed by atoms with E-state index in [4.69, 9.17) is 0 Å². The van der Waals surface area contributed by atoms with Gasteiger partial charge in [-0.15, -0.1) is 0 Å². The van der Waals surface area contributed by atoms with Crippen LogP contribution in [0.4, 0.5) is 5.69 Å². The summed E-state index contributed by atoms with van der Waals surface area (Å²) < 4.78 is 2.82. The normalized spacial score (nSPS) is 15.0. The Kier molecular flexibility index (Phi) is 6.66. The van der Waals surface area contributed by atoms with Gasteiger partial charge in [0.1, 0.15) is 0 Å². The van der Waals surface area contributed by atoms with Gasteiger partial charge in [0.25, 0.3) is 0 Å². The van der Waals surface area contributed by atoms with E-state index in [-0.39, 0.29) is 17.7 Å². The highest BCUT2D eigenvalue weighted by atomic mass is 79.9. The van der Waals surface area contributed by atoms with Crippen molar-refractivity contribution in [1.82, 2.24) is 14.7 Å². The van der Waals surface area contributed by atoms with E-state index in [9.17, 15) is 9.59 Å². The van der Waals surface area contributed by atoms with Crippen LogP contribution in [0.5, 0.6) is 0 Å². The summed E-state index contributed by atoms with van der Waals surface area (Å²) in [5.41, 5.74) is 1.88. The van der Waals surface area contributed by atoms with Gasteiger partial charge in [0.2, 0.25) is 11.8 Å². The van der Waals surface area contributed by atoms with Gasteiger partial charge in [0, 0.05) is 42.6 Å². The average molecular weight is 433 g/mol. The van der Waals surface area contributed by atoms with Crippen LogP contribution in [0.3, 0.4) is 0 Å². The first-order valence-electron chi connectivity index (χ1n) is 9.41. The first-order valence-corrected chi connectivity index (χ1v) is 10.2. The number of aromatic nitrogens is 2. The maximum absolute atomic E-state index is 12.5. The number of hydrogen-bond donors (Lipinski definition) is 1. The van der Waals surface area contributed by atoms with E-state index in [0.717, 1.165) is 28.7 Å². The van der Waals surface area contributed by atoms with Crippen LogP contribution in [-0.2, 0) is 22.6 Å². The van der Waals surface area contributed by atoms with Crippen molar-refractivity contribution in [2.24, 2.45) is 5.92 Å². The third-order valence-electron chi connectivity index (χ3n) is 5.01. The van der Waals surface area contributed by atoms with Crippen LogP contribution in [0.2, 0.25) is 0 Å². The van der Waals surface area contributed by atoms with Gasteiger partial charge in [-0.05, 0) is 37.8 Å². The largest absolute Gasteiger partial charge is 0.343 e. The molecule has 1 fully saturated rings. The Balaban J connectivity index is 1.44. The van der Waals surface area contributed by atoms with Crippen molar-refractivity contribution in [2.45, 2.75) is 39.2 Å². The number of anilines is 1. The van der Waals surface area contributed by atoms with E-state index >= 15 is 0 Å². The Morgan fingerprint density at radius 3 is 2.67 bits per heavy atom. The lowest BCUT2D eigenvalue weighted by Gasteiger charge is -2.31. The van der Waals surface area contributed by atoms with E-state index < -0.39 is 0 Å². The summed E-state index contributed by atoms with van der Waals surface area (Å²) in [6.45, 7) is 4.06. The number of halogens is 1. The molecule has 0 saturated carbocycles. The summed E-state index contributed by atoms with van der Waals surface area (Å²) >= 11 is 3.52. The second-order valence-corrected chi connectivity index (χ2v) is 7.67. The van der Waals surface area contributed by atoms with Gasteiger partial charge in [-0.3, -0.25) is 14.3 Å². The zero-order valence-electron chi connectivity index (χ0n) is 15.5. The molecule has 1 aliphatic heterocycles. The Morgan fingerprint density at radius 1 is 1.26 bits per heavy atom. The molecular weight excluding hydrogens is 408 g/mol. The second-order valence-electron chi connectivity index (χ2n) is 6.82. The number of rotatable bonds is 6. The Hall–Kier alpha value is -2.15. The molecule has 1 N–H and O–H groups in total. The number of nitrogens with one attached hydrogen (secondary N) is 1. The maximum atomic E-state index is 12.5. The lowest BCUT2D eigenvalue weighted by Crippen LogP contribution is -2.41. The first-order chi connectivity index (χ1) is 13.1. The molecular formula is C20H25BrN4O2. The number of likely N-dealkylation sites (tertiary alicyclic amines) is 1. The van der Waals surface area contributed by atoms with Gasteiger partial charge in [-0.25, -0.2) is 0 Å². The summed E-state index contributed by atoms with van der Waals surface area (Å²) in [4.78, 5) is 26.8. The van der Waals surface area contributed by atoms with Crippen LogP contribution in [0, 0.1) is 5.92 Å². The van der Waals surface area contributed by atoms with Crippen molar-refractivity contribution in [2.75, 3.05) is 18.4 Å². The number of hydrogen-bond acceptors (Lipinski definition) is 3. The first kappa shape index (κ1) is 19.6. The molecule has 0 aliphatic carbocycles. The lowest BCUT2D eigenvalue weighted by molar-refractivity contribution is -0.134. The monoisotopic (exact) mass is 432 g/mol. The van der Waals surface area contributed by atoms with Crippen LogP contribution in [0.1, 0.15) is 31.7 Å². The summed E-state index contributed by atoms with van der Waals surface area (Å²) in [6.07, 6.45) is 6.13. The van der Waals surface area contributed by atoms with Crippen LogP contribution < -0.4 is 5.32 Å². The van der Waals surface area contributed by atoms with Crippen LogP contribution in [0.15, 0.2) is 41.1 Å². The molecule has 2 aromatic rings. The molecule has 1 aliphatic rings. The van der Waals surface area contributed by atoms with Crippen molar-refractivity contribution in [3.8, 4) is 0 Å². The fourth-order valence-electron chi connectivity index (χ4n) is 3.34. The molecule has 2 amide bonds. The van der Waals surface area contributed by atoms with Gasteiger partial charge in [-0.1, -0.05) is 34.1 Å². The third-order valence-corrected chi connectivity index (χ3v) is 5.78. The highest BCUT2D eigenvalue weighted by Crippen LogP contribution is 2.22. The van der Waals surface area contributed by atoms with Gasteiger partial charge in [0.05, 0.1) is 11.9 Å². The molecule has 27 heavy (non-hydrogen) atoms. The molecule has 1 aromatic heterocycles. The molecule has 3 rings (SSSR count). The fraction of sp³-hybridized carbons (Fsp3) is 0.450. The van der Waals surface area contributed by atoms with Gasteiger partial charge >= 0.3 is 0 Å². The molecule has 144 valence electrons. The quantitative estimate of drug-likeness (QED) is 0.759. The Labute approximate surface area is 168 Å². The highest BCUT2D eigenvalue weighted by Gasteiger charge is 2.27. The SMILES string of the molecule is CCn1cc(NC(=O)C2CCN(C(=O)CCc3ccccc3Br)CC2)cn1. The Morgan fingerprint density at radius 2 is 2.00 bits per heavy atom. The zero-order valence-corrected chi connectivity index (χ0v) is 17.1. The van der Waals surface area contributed by atoms with E-state index in [1.165, 1.54) is 0 Å². The number of nitrogens with zero attached hydrogens (tertiary/aromatic N) is 3. The van der Waals surface area contributed by atoms with Crippen molar-refractivity contribution in [3.05, 3.63) is 46.7 Å². The third kappa shape index (κ3) is 5.19. The topological polar surface area (TPSA) is 67.2 Å². The van der Waals surface area contributed by atoms with Crippen molar-refractivity contribution >= 4 is 33.4 Å². The molecule has 0 unspecified atom stereocenters. The van der Waals surface area contributed by atoms with Crippen LogP contribution in [-0.4, -0.2) is 39.6 Å². The molecule has 0 radical (unpaired) electrons. The second kappa shape index (κ2) is 9.17. The number of piperidine rings is 1. The molecule has 6 nitrogen and oxygen atoms in total. The molecule has 1 saturated heterocycles. The summed E-state index contributed by atoms with van der Waals surface area (Å²) in [7, 11) is 0. The lowest BCUT2D eigenvalue weighted by atomic mass is 9.95. The van der Waals surface area contributed by atoms with Crippen molar-refractivity contribution in [3.63, 3.8) is 0 Å². The maximum Gasteiger partial charge on any atom is 0.227 e. The number of carbonyl (C=O) groups is 2. The molecule has 0 atom stereocenters. The Bertz CT molecular complexity index is 797. The van der Waals surface area contributed by atoms with Crippen molar-refractivity contribution in [1.29, 1.82) is 0 Å². The van der Waals surface area contributed by atoms with E-state index in [0.29, 0.717) is 32.4 Å². The van der Waals surface area contributed by atoms with E-state index in [1.807, 2.05) is 42.3 Å². The van der Waals surface area contributed by atoms with Gasteiger partial charge in [0.15, 0.2) is 0 Å². The van der Waals surface area contributed by atoms with Crippen molar-refractivity contribution < 1.29 is 9.59 Å². The van der Waals surface area contributed by atoms with Gasteiger partial charge < -0.3 is 10.2 Å². The number of amides is 2. The number of benzene rings is 1. The molecule has 2 heterocycles. The van der Waals surface area contributed by atoms with Gasteiger partial charge in [-0.2, -0.15) is 5.10 Å².